The van der Waals surface area contributed by atoms with Crippen LogP contribution in [0.2, 0.25) is 0 Å². The standard InChI is InChI=1S/C14H13NO2/c1-11-5-6-13(16)12(9-11)14(17)10-15-7-3-2-4-8-15/h2-9H,10H2,1H3/p+1. The maximum absolute atomic E-state index is 12.0. The molecule has 2 rings (SSSR count). The number of hydrogen-bond donors (Lipinski definition) is 1. The number of Topliss-reactive ketones (excluding diaryl/α,β-unsaturated/α-hetero) is 1. The van der Waals surface area contributed by atoms with Gasteiger partial charge in [0.2, 0.25) is 12.3 Å². The van der Waals surface area contributed by atoms with Gasteiger partial charge in [0.05, 0.1) is 5.56 Å². The molecule has 0 saturated heterocycles. The van der Waals surface area contributed by atoms with E-state index in [0.717, 1.165) is 5.56 Å². The third-order valence-corrected chi connectivity index (χ3v) is 2.56. The molecule has 0 atom stereocenters. The maximum atomic E-state index is 12.0. The molecule has 0 radical (unpaired) electrons. The summed E-state index contributed by atoms with van der Waals surface area (Å²) < 4.78 is 1.78. The van der Waals surface area contributed by atoms with Crippen molar-refractivity contribution < 1.29 is 14.5 Å². The lowest BCUT2D eigenvalue weighted by molar-refractivity contribution is -0.683. The highest BCUT2D eigenvalue weighted by Gasteiger charge is 2.15. The maximum Gasteiger partial charge on any atom is 0.231 e. The molecule has 1 heterocycles. The van der Waals surface area contributed by atoms with Crippen LogP contribution in [0.1, 0.15) is 15.9 Å². The Hall–Kier alpha value is -2.16. The molecule has 1 aromatic carbocycles. The second kappa shape index (κ2) is 4.78. The summed E-state index contributed by atoms with van der Waals surface area (Å²) in [5.41, 5.74) is 1.34. The average molecular weight is 228 g/mol. The fraction of sp³-hybridized carbons (Fsp3) is 0.143. The van der Waals surface area contributed by atoms with E-state index in [-0.39, 0.29) is 18.1 Å². The second-order valence-corrected chi connectivity index (χ2v) is 3.99. The molecule has 0 bridgehead atoms. The Morgan fingerprint density at radius 1 is 1.24 bits per heavy atom. The Kier molecular flexibility index (Phi) is 3.19. The number of aromatic nitrogens is 1. The monoisotopic (exact) mass is 228 g/mol. The molecule has 0 spiro atoms. The van der Waals surface area contributed by atoms with E-state index in [0.29, 0.717) is 5.56 Å². The topological polar surface area (TPSA) is 41.2 Å². The quantitative estimate of drug-likeness (QED) is 0.643. The molecule has 1 N–H and O–H groups in total. The third kappa shape index (κ3) is 2.69. The largest absolute Gasteiger partial charge is 0.507 e. The molecule has 1 aromatic heterocycles. The van der Waals surface area contributed by atoms with Crippen LogP contribution in [-0.4, -0.2) is 10.9 Å². The van der Waals surface area contributed by atoms with Crippen LogP contribution in [0.5, 0.6) is 5.75 Å². The first kappa shape index (κ1) is 11.3. The van der Waals surface area contributed by atoms with E-state index >= 15 is 0 Å². The summed E-state index contributed by atoms with van der Waals surface area (Å²) >= 11 is 0. The van der Waals surface area contributed by atoms with Gasteiger partial charge in [-0.15, -0.1) is 0 Å². The van der Waals surface area contributed by atoms with Gasteiger partial charge in [0.25, 0.3) is 0 Å². The fourth-order valence-corrected chi connectivity index (χ4v) is 1.66. The van der Waals surface area contributed by atoms with Gasteiger partial charge in [-0.05, 0) is 19.1 Å². The number of benzene rings is 1. The van der Waals surface area contributed by atoms with Crippen molar-refractivity contribution in [2.24, 2.45) is 0 Å². The van der Waals surface area contributed by atoms with Gasteiger partial charge < -0.3 is 5.11 Å². The Balaban J connectivity index is 2.23. The van der Waals surface area contributed by atoms with Crippen molar-refractivity contribution in [3.8, 4) is 5.75 Å². The zero-order valence-corrected chi connectivity index (χ0v) is 9.63. The summed E-state index contributed by atoms with van der Waals surface area (Å²) in [5, 5.41) is 9.65. The van der Waals surface area contributed by atoms with E-state index in [1.807, 2.05) is 37.5 Å². The minimum atomic E-state index is -0.0950. The number of pyridine rings is 1. The van der Waals surface area contributed by atoms with Crippen molar-refractivity contribution in [2.45, 2.75) is 13.5 Å². The first-order chi connectivity index (χ1) is 8.16. The van der Waals surface area contributed by atoms with Gasteiger partial charge in [-0.1, -0.05) is 17.7 Å². The van der Waals surface area contributed by atoms with Crippen molar-refractivity contribution >= 4 is 5.78 Å². The molecule has 2 aromatic rings. The number of rotatable bonds is 3. The summed E-state index contributed by atoms with van der Waals surface area (Å²) in [5.74, 6) is -0.0560. The number of carbonyl (C=O) groups is 1. The number of phenols is 1. The molecule has 3 heteroatoms. The molecule has 17 heavy (non-hydrogen) atoms. The van der Waals surface area contributed by atoms with Crippen molar-refractivity contribution in [3.05, 3.63) is 59.9 Å². The summed E-state index contributed by atoms with van der Waals surface area (Å²) in [4.78, 5) is 12.0. The van der Waals surface area contributed by atoms with Crippen LogP contribution in [-0.2, 0) is 6.54 Å². The molecular weight excluding hydrogens is 214 g/mol. The highest BCUT2D eigenvalue weighted by molar-refractivity contribution is 5.97. The molecule has 0 fully saturated rings. The van der Waals surface area contributed by atoms with E-state index in [2.05, 4.69) is 0 Å². The number of aryl methyl sites for hydroxylation is 1. The van der Waals surface area contributed by atoms with E-state index in [1.54, 1.807) is 22.8 Å². The normalized spacial score (nSPS) is 10.2. The van der Waals surface area contributed by atoms with Crippen molar-refractivity contribution in [3.63, 3.8) is 0 Å². The molecule has 0 aliphatic heterocycles. The lowest BCUT2D eigenvalue weighted by atomic mass is 10.1. The highest BCUT2D eigenvalue weighted by atomic mass is 16.3. The van der Waals surface area contributed by atoms with Crippen LogP contribution in [0.4, 0.5) is 0 Å². The van der Waals surface area contributed by atoms with Crippen LogP contribution >= 0.6 is 0 Å². The molecule has 3 nitrogen and oxygen atoms in total. The van der Waals surface area contributed by atoms with Gasteiger partial charge in [0.15, 0.2) is 12.4 Å². The minimum absolute atomic E-state index is 0.0390. The van der Waals surface area contributed by atoms with Crippen LogP contribution in [0.25, 0.3) is 0 Å². The molecule has 0 saturated carbocycles. The number of aromatic hydroxyl groups is 1. The van der Waals surface area contributed by atoms with Gasteiger partial charge in [0, 0.05) is 12.1 Å². The van der Waals surface area contributed by atoms with Gasteiger partial charge in [0.1, 0.15) is 5.75 Å². The first-order valence-electron chi connectivity index (χ1n) is 5.44. The highest BCUT2D eigenvalue weighted by Crippen LogP contribution is 2.18. The lowest BCUT2D eigenvalue weighted by Gasteiger charge is -2.02. The molecule has 0 aliphatic rings. The van der Waals surface area contributed by atoms with E-state index < -0.39 is 0 Å². The van der Waals surface area contributed by atoms with Crippen LogP contribution in [0, 0.1) is 6.92 Å². The Bertz CT molecular complexity index is 535. The molecule has 86 valence electrons. The third-order valence-electron chi connectivity index (χ3n) is 2.56. The number of carbonyl (C=O) groups excluding carboxylic acids is 1. The average Bonchev–Trinajstić information content (AvgIpc) is 2.33. The summed E-state index contributed by atoms with van der Waals surface area (Å²) in [7, 11) is 0. The number of phenolic OH excluding ortho intramolecular Hbond substituents is 1. The zero-order chi connectivity index (χ0) is 12.3. The van der Waals surface area contributed by atoms with Crippen molar-refractivity contribution in [1.29, 1.82) is 0 Å². The van der Waals surface area contributed by atoms with Crippen molar-refractivity contribution in [1.82, 2.24) is 0 Å². The molecular formula is C14H14NO2+. The predicted molar refractivity (Wildman–Crippen MR) is 63.8 cm³/mol. The Morgan fingerprint density at radius 2 is 1.94 bits per heavy atom. The van der Waals surface area contributed by atoms with Gasteiger partial charge in [-0.25, -0.2) is 0 Å². The van der Waals surface area contributed by atoms with Gasteiger partial charge in [-0.3, -0.25) is 4.79 Å². The first-order valence-corrected chi connectivity index (χ1v) is 5.44. The predicted octanol–water partition coefficient (Wildman–Crippen LogP) is 1.87. The minimum Gasteiger partial charge on any atom is -0.507 e. The SMILES string of the molecule is Cc1ccc(O)c(C(=O)C[n+]2ccccc2)c1. The summed E-state index contributed by atoms with van der Waals surface area (Å²) in [6.07, 6.45) is 3.65. The van der Waals surface area contributed by atoms with E-state index in [9.17, 15) is 9.90 Å². The number of hydrogen-bond acceptors (Lipinski definition) is 2. The van der Waals surface area contributed by atoms with Crippen LogP contribution < -0.4 is 4.57 Å². The van der Waals surface area contributed by atoms with Crippen molar-refractivity contribution in [2.75, 3.05) is 0 Å². The zero-order valence-electron chi connectivity index (χ0n) is 9.63. The van der Waals surface area contributed by atoms with Gasteiger partial charge in [-0.2, -0.15) is 4.57 Å². The Morgan fingerprint density at radius 3 is 2.65 bits per heavy atom. The number of nitrogens with zero attached hydrogens (tertiary/aromatic N) is 1. The molecule has 0 amide bonds. The second-order valence-electron chi connectivity index (χ2n) is 3.99. The van der Waals surface area contributed by atoms with E-state index in [4.69, 9.17) is 0 Å². The van der Waals surface area contributed by atoms with Crippen LogP contribution in [0.15, 0.2) is 48.8 Å². The van der Waals surface area contributed by atoms with Gasteiger partial charge >= 0.3 is 0 Å². The lowest BCUT2D eigenvalue weighted by Crippen LogP contribution is -2.36. The molecule has 0 aliphatic carbocycles. The molecule has 0 unspecified atom stereocenters. The Labute approximate surface area is 100.0 Å². The van der Waals surface area contributed by atoms with Crippen LogP contribution in [0.3, 0.4) is 0 Å². The number of ketones is 1. The summed E-state index contributed by atoms with van der Waals surface area (Å²) in [6, 6.07) is 10.7. The fourth-order valence-electron chi connectivity index (χ4n) is 1.66. The van der Waals surface area contributed by atoms with E-state index in [1.165, 1.54) is 0 Å². The summed E-state index contributed by atoms with van der Waals surface area (Å²) in [6.45, 7) is 2.13. The smallest absolute Gasteiger partial charge is 0.231 e.